The molecule has 2 bridgehead atoms. The maximum atomic E-state index is 12.2. The van der Waals surface area contributed by atoms with Crippen LogP contribution in [0.4, 0.5) is 4.79 Å². The zero-order chi connectivity index (χ0) is 20.1. The van der Waals surface area contributed by atoms with Gasteiger partial charge in [0.15, 0.2) is 0 Å². The van der Waals surface area contributed by atoms with Gasteiger partial charge >= 0.3 is 16.4 Å². The second-order valence-electron chi connectivity index (χ2n) is 6.24. The summed E-state index contributed by atoms with van der Waals surface area (Å²) in [6.07, 6.45) is 0.415. The standard InChI is InChI=1S/C14H14N6O7S/c15-11(21)8-2-1-3-9(16-8)13-18-17-12(26-13)7-4-5-19-6-10(7)20(14(19)22)27-28(23,24)25/h1-3,7,10H,4-6H2,(H2,15,21)(H,23,24,25)/t7-,10+/m1/s1. The van der Waals surface area contributed by atoms with E-state index in [2.05, 4.69) is 19.5 Å². The lowest BCUT2D eigenvalue weighted by Gasteiger charge is -2.27. The fourth-order valence-corrected chi connectivity index (χ4v) is 3.66. The number of carbonyl (C=O) groups excluding carboxylic acids is 2. The van der Waals surface area contributed by atoms with Crippen LogP contribution in [0.1, 0.15) is 28.7 Å². The molecule has 2 aliphatic rings. The Bertz CT molecular complexity index is 1050. The predicted octanol–water partition coefficient (Wildman–Crippen LogP) is -0.442. The number of amides is 3. The summed E-state index contributed by atoms with van der Waals surface area (Å²) in [7, 11) is -4.88. The predicted molar refractivity (Wildman–Crippen MR) is 88.6 cm³/mol. The molecule has 13 nitrogen and oxygen atoms in total. The average molecular weight is 410 g/mol. The molecular weight excluding hydrogens is 396 g/mol. The normalized spacial score (nSPS) is 22.0. The first-order valence-electron chi connectivity index (χ1n) is 8.09. The van der Waals surface area contributed by atoms with Crippen LogP contribution >= 0.6 is 0 Å². The molecule has 148 valence electrons. The molecule has 14 heteroatoms. The lowest BCUT2D eigenvalue weighted by Crippen LogP contribution is -2.39. The first-order valence-corrected chi connectivity index (χ1v) is 9.45. The molecule has 0 saturated carbocycles. The van der Waals surface area contributed by atoms with Gasteiger partial charge in [-0.1, -0.05) is 6.07 Å². The third-order valence-electron chi connectivity index (χ3n) is 4.50. The summed E-state index contributed by atoms with van der Waals surface area (Å²) < 4.78 is 41.1. The Morgan fingerprint density at radius 3 is 2.86 bits per heavy atom. The molecule has 0 spiro atoms. The van der Waals surface area contributed by atoms with Crippen LogP contribution < -0.4 is 5.73 Å². The second kappa shape index (κ2) is 6.50. The number of urea groups is 1. The van der Waals surface area contributed by atoms with Crippen molar-refractivity contribution in [2.75, 3.05) is 13.1 Å². The molecule has 2 saturated heterocycles. The van der Waals surface area contributed by atoms with Crippen molar-refractivity contribution in [3.63, 3.8) is 0 Å². The summed E-state index contributed by atoms with van der Waals surface area (Å²) in [6.45, 7) is 0.491. The molecule has 2 atom stereocenters. The lowest BCUT2D eigenvalue weighted by molar-refractivity contribution is -0.0392. The number of hydrogen-bond acceptors (Lipinski definition) is 9. The van der Waals surface area contributed by atoms with Gasteiger partial charge in [0.25, 0.3) is 11.8 Å². The molecule has 2 fully saturated rings. The third kappa shape index (κ3) is 3.28. The minimum atomic E-state index is -4.88. The summed E-state index contributed by atoms with van der Waals surface area (Å²) >= 11 is 0. The molecule has 2 aromatic heterocycles. The van der Waals surface area contributed by atoms with Crippen molar-refractivity contribution < 1.29 is 31.3 Å². The largest absolute Gasteiger partial charge is 0.419 e. The molecule has 3 amide bonds. The molecule has 4 heterocycles. The lowest BCUT2D eigenvalue weighted by atomic mass is 9.93. The number of nitrogens with zero attached hydrogens (tertiary/aromatic N) is 5. The molecule has 3 N–H and O–H groups in total. The topological polar surface area (TPSA) is 182 Å². The third-order valence-corrected chi connectivity index (χ3v) is 4.84. The van der Waals surface area contributed by atoms with Gasteiger partial charge in [-0.15, -0.1) is 14.5 Å². The fraction of sp³-hybridized carbons (Fsp3) is 0.357. The van der Waals surface area contributed by atoms with Crippen molar-refractivity contribution in [2.45, 2.75) is 18.4 Å². The highest BCUT2D eigenvalue weighted by Crippen LogP contribution is 2.37. The number of rotatable bonds is 5. The molecule has 4 rings (SSSR count). The monoisotopic (exact) mass is 410 g/mol. The number of piperidine rings is 1. The fourth-order valence-electron chi connectivity index (χ4n) is 3.28. The highest BCUT2D eigenvalue weighted by Gasteiger charge is 2.50. The van der Waals surface area contributed by atoms with Gasteiger partial charge in [-0.2, -0.15) is 13.5 Å². The summed E-state index contributed by atoms with van der Waals surface area (Å²) in [5, 5.41) is 8.47. The Kier molecular flexibility index (Phi) is 4.24. The van der Waals surface area contributed by atoms with Crippen molar-refractivity contribution >= 4 is 22.3 Å². The number of primary amides is 1. The van der Waals surface area contributed by atoms with E-state index in [1.54, 1.807) is 12.1 Å². The van der Waals surface area contributed by atoms with Crippen LogP contribution in [0.15, 0.2) is 22.6 Å². The van der Waals surface area contributed by atoms with E-state index in [9.17, 15) is 18.0 Å². The number of fused-ring (bicyclic) bond motifs is 2. The van der Waals surface area contributed by atoms with E-state index >= 15 is 0 Å². The number of hydrogen-bond donors (Lipinski definition) is 2. The van der Waals surface area contributed by atoms with Crippen LogP contribution in [0.25, 0.3) is 11.6 Å². The van der Waals surface area contributed by atoms with Crippen LogP contribution in [0.5, 0.6) is 0 Å². The average Bonchev–Trinajstić information content (AvgIpc) is 3.22. The summed E-state index contributed by atoms with van der Waals surface area (Å²) in [5.41, 5.74) is 5.47. The van der Waals surface area contributed by atoms with Gasteiger partial charge in [-0.25, -0.2) is 9.78 Å². The molecule has 0 aliphatic carbocycles. The van der Waals surface area contributed by atoms with Gasteiger partial charge in [-0.3, -0.25) is 9.35 Å². The number of hydroxylamine groups is 2. The first kappa shape index (κ1) is 18.3. The molecular formula is C14H14N6O7S. The second-order valence-corrected chi connectivity index (χ2v) is 7.24. The number of pyridine rings is 1. The summed E-state index contributed by atoms with van der Waals surface area (Å²) in [5.74, 6) is -1.06. The Balaban J connectivity index is 1.62. The van der Waals surface area contributed by atoms with E-state index in [4.69, 9.17) is 14.7 Å². The molecule has 2 aromatic rings. The molecule has 0 unspecified atom stereocenters. The Labute approximate surface area is 158 Å². The van der Waals surface area contributed by atoms with Crippen LogP contribution in [0.2, 0.25) is 0 Å². The Morgan fingerprint density at radius 1 is 1.36 bits per heavy atom. The zero-order valence-electron chi connectivity index (χ0n) is 14.1. The van der Waals surface area contributed by atoms with E-state index in [-0.39, 0.29) is 29.7 Å². The van der Waals surface area contributed by atoms with E-state index < -0.39 is 34.3 Å². The molecule has 0 radical (unpaired) electrons. The van der Waals surface area contributed by atoms with Crippen LogP contribution in [0, 0.1) is 0 Å². The van der Waals surface area contributed by atoms with Crippen molar-refractivity contribution in [3.8, 4) is 11.6 Å². The van der Waals surface area contributed by atoms with Gasteiger partial charge in [-0.05, 0) is 18.6 Å². The minimum Gasteiger partial charge on any atom is -0.419 e. The van der Waals surface area contributed by atoms with E-state index in [0.717, 1.165) is 0 Å². The number of nitrogens with two attached hydrogens (primary N) is 1. The van der Waals surface area contributed by atoms with Gasteiger partial charge in [0.05, 0.1) is 12.0 Å². The van der Waals surface area contributed by atoms with Crippen LogP contribution in [0.3, 0.4) is 0 Å². The van der Waals surface area contributed by atoms with Gasteiger partial charge < -0.3 is 15.1 Å². The zero-order valence-corrected chi connectivity index (χ0v) is 14.9. The van der Waals surface area contributed by atoms with Gasteiger partial charge in [0, 0.05) is 13.1 Å². The highest BCUT2D eigenvalue weighted by atomic mass is 32.3. The quantitative estimate of drug-likeness (QED) is 0.613. The van der Waals surface area contributed by atoms with E-state index in [1.165, 1.54) is 11.0 Å². The van der Waals surface area contributed by atoms with Crippen molar-refractivity contribution in [1.82, 2.24) is 25.1 Å². The number of aromatic nitrogens is 3. The SMILES string of the molecule is NC(=O)c1cccc(-c2nnc([C@@H]3CCN4C[C@@H]3N(OS(=O)(=O)O)C4=O)o2)n1. The number of carbonyl (C=O) groups is 2. The Morgan fingerprint density at radius 2 is 2.14 bits per heavy atom. The van der Waals surface area contributed by atoms with Crippen molar-refractivity contribution in [2.24, 2.45) is 5.73 Å². The van der Waals surface area contributed by atoms with Gasteiger partial charge in [0.1, 0.15) is 11.4 Å². The van der Waals surface area contributed by atoms with Crippen LogP contribution in [-0.2, 0) is 14.7 Å². The molecule has 28 heavy (non-hydrogen) atoms. The first-order chi connectivity index (χ1) is 13.2. The Hall–Kier alpha value is -3.10. The summed E-state index contributed by atoms with van der Waals surface area (Å²) in [4.78, 5) is 28.9. The molecule has 0 aromatic carbocycles. The van der Waals surface area contributed by atoms with E-state index in [1.807, 2.05) is 0 Å². The maximum Gasteiger partial charge on any atom is 0.418 e. The van der Waals surface area contributed by atoms with Crippen LogP contribution in [-0.4, -0.2) is 69.2 Å². The van der Waals surface area contributed by atoms with E-state index in [0.29, 0.717) is 18.0 Å². The maximum absolute atomic E-state index is 12.2. The summed E-state index contributed by atoms with van der Waals surface area (Å²) in [6, 6.07) is 3.12. The smallest absolute Gasteiger partial charge is 0.418 e. The minimum absolute atomic E-state index is 0.0275. The highest BCUT2D eigenvalue weighted by molar-refractivity contribution is 7.80. The van der Waals surface area contributed by atoms with Gasteiger partial charge in [0.2, 0.25) is 5.89 Å². The van der Waals surface area contributed by atoms with Crippen molar-refractivity contribution in [1.29, 1.82) is 0 Å². The van der Waals surface area contributed by atoms with Crippen molar-refractivity contribution in [3.05, 3.63) is 29.8 Å². The molecule has 2 aliphatic heterocycles.